The fourth-order valence-electron chi connectivity index (χ4n) is 1.64. The highest BCUT2D eigenvalue weighted by Crippen LogP contribution is 2.21. The Hall–Kier alpha value is -3.11. The molecule has 2 rings (SSSR count). The fraction of sp³-hybridized carbons (Fsp3) is 0. The first kappa shape index (κ1) is 12.3. The van der Waals surface area contributed by atoms with E-state index in [0.717, 1.165) is 0 Å². The van der Waals surface area contributed by atoms with Gasteiger partial charge in [-0.15, -0.1) is 6.42 Å². The van der Waals surface area contributed by atoms with Crippen LogP contribution in [0.15, 0.2) is 36.5 Å². The molecule has 0 aliphatic rings. The van der Waals surface area contributed by atoms with E-state index in [2.05, 4.69) is 10.9 Å². The summed E-state index contributed by atoms with van der Waals surface area (Å²) in [5.74, 6) is 1.39. The van der Waals surface area contributed by atoms with Crippen LogP contribution in [0.1, 0.15) is 21.5 Å². The summed E-state index contributed by atoms with van der Waals surface area (Å²) in [4.78, 5) is 15.0. The molecule has 0 saturated carbocycles. The van der Waals surface area contributed by atoms with Crippen molar-refractivity contribution in [3.8, 4) is 29.7 Å². The molecule has 1 aromatic heterocycles. The Bertz CT molecular complexity index is 737. The van der Waals surface area contributed by atoms with Crippen LogP contribution in [-0.4, -0.2) is 16.1 Å². The molecule has 90 valence electrons. The van der Waals surface area contributed by atoms with Crippen LogP contribution in [0.4, 0.5) is 0 Å². The molecule has 1 aromatic carbocycles. The number of aromatic carboxylic acids is 1. The second-order valence-electron chi connectivity index (χ2n) is 3.75. The SMILES string of the molecule is C#Cc1ccc(-c2cc(C(=O)O)ccn2)cc1C#N. The van der Waals surface area contributed by atoms with E-state index in [1.165, 1.54) is 18.3 Å². The quantitative estimate of drug-likeness (QED) is 0.827. The van der Waals surface area contributed by atoms with Crippen molar-refractivity contribution in [3.05, 3.63) is 53.2 Å². The van der Waals surface area contributed by atoms with Crippen molar-refractivity contribution in [3.63, 3.8) is 0 Å². The third-order valence-electron chi connectivity index (χ3n) is 2.60. The van der Waals surface area contributed by atoms with Gasteiger partial charge < -0.3 is 5.11 Å². The molecule has 0 bridgehead atoms. The predicted molar refractivity (Wildman–Crippen MR) is 69.3 cm³/mol. The van der Waals surface area contributed by atoms with Gasteiger partial charge in [0, 0.05) is 17.3 Å². The van der Waals surface area contributed by atoms with Crippen molar-refractivity contribution in [1.29, 1.82) is 5.26 Å². The normalized spacial score (nSPS) is 9.37. The van der Waals surface area contributed by atoms with Crippen molar-refractivity contribution in [2.75, 3.05) is 0 Å². The number of hydrogen-bond acceptors (Lipinski definition) is 3. The van der Waals surface area contributed by atoms with Gasteiger partial charge in [0.1, 0.15) is 6.07 Å². The van der Waals surface area contributed by atoms with Crippen molar-refractivity contribution < 1.29 is 9.90 Å². The van der Waals surface area contributed by atoms with Gasteiger partial charge in [0.05, 0.1) is 16.8 Å². The summed E-state index contributed by atoms with van der Waals surface area (Å²) in [5.41, 5.74) is 2.14. The van der Waals surface area contributed by atoms with E-state index < -0.39 is 5.97 Å². The lowest BCUT2D eigenvalue weighted by atomic mass is 10.0. The van der Waals surface area contributed by atoms with E-state index in [9.17, 15) is 4.79 Å². The molecule has 1 N–H and O–H groups in total. The van der Waals surface area contributed by atoms with E-state index in [4.69, 9.17) is 16.8 Å². The van der Waals surface area contributed by atoms with Crippen LogP contribution in [0.2, 0.25) is 0 Å². The van der Waals surface area contributed by atoms with Gasteiger partial charge in [-0.3, -0.25) is 4.98 Å². The number of carboxylic acid groups (broad SMARTS) is 1. The summed E-state index contributed by atoms with van der Waals surface area (Å²) in [6, 6.07) is 9.82. The number of hydrogen-bond donors (Lipinski definition) is 1. The van der Waals surface area contributed by atoms with E-state index in [-0.39, 0.29) is 5.56 Å². The zero-order chi connectivity index (χ0) is 13.8. The number of carbonyl (C=O) groups is 1. The summed E-state index contributed by atoms with van der Waals surface area (Å²) < 4.78 is 0. The molecule has 0 saturated heterocycles. The maximum Gasteiger partial charge on any atom is 0.335 e. The predicted octanol–water partition coefficient (Wildman–Crippen LogP) is 2.30. The van der Waals surface area contributed by atoms with Crippen molar-refractivity contribution in [2.24, 2.45) is 0 Å². The highest BCUT2D eigenvalue weighted by molar-refractivity contribution is 5.88. The van der Waals surface area contributed by atoms with Gasteiger partial charge in [-0.2, -0.15) is 5.26 Å². The number of terminal acetylenes is 1. The van der Waals surface area contributed by atoms with Gasteiger partial charge in [-0.1, -0.05) is 12.0 Å². The standard InChI is InChI=1S/C15H8N2O2/c1-2-10-3-4-11(7-13(10)9-16)14-8-12(15(18)19)5-6-17-14/h1,3-8H,(H,18,19). The zero-order valence-electron chi connectivity index (χ0n) is 9.79. The van der Waals surface area contributed by atoms with E-state index in [1.807, 2.05) is 6.07 Å². The molecule has 2 aromatic rings. The first-order chi connectivity index (χ1) is 9.15. The van der Waals surface area contributed by atoms with Gasteiger partial charge in [0.2, 0.25) is 0 Å². The Balaban J connectivity index is 2.54. The minimum Gasteiger partial charge on any atom is -0.478 e. The summed E-state index contributed by atoms with van der Waals surface area (Å²) in [6.45, 7) is 0. The third kappa shape index (κ3) is 2.43. The van der Waals surface area contributed by atoms with Crippen LogP contribution in [0.5, 0.6) is 0 Å². The van der Waals surface area contributed by atoms with Crippen LogP contribution in [0.3, 0.4) is 0 Å². The highest BCUT2D eigenvalue weighted by Gasteiger charge is 2.08. The first-order valence-corrected chi connectivity index (χ1v) is 5.36. The van der Waals surface area contributed by atoms with Gasteiger partial charge in [0.15, 0.2) is 0 Å². The van der Waals surface area contributed by atoms with Crippen LogP contribution in [0, 0.1) is 23.7 Å². The number of aromatic nitrogens is 1. The fourth-order valence-corrected chi connectivity index (χ4v) is 1.64. The molecule has 4 nitrogen and oxygen atoms in total. The van der Waals surface area contributed by atoms with E-state index in [1.54, 1.807) is 18.2 Å². The zero-order valence-corrected chi connectivity index (χ0v) is 9.79. The summed E-state index contributed by atoms with van der Waals surface area (Å²) >= 11 is 0. The van der Waals surface area contributed by atoms with Gasteiger partial charge in [0.25, 0.3) is 0 Å². The molecule has 0 aliphatic carbocycles. The number of nitriles is 1. The van der Waals surface area contributed by atoms with Crippen LogP contribution >= 0.6 is 0 Å². The maximum absolute atomic E-state index is 10.9. The summed E-state index contributed by atoms with van der Waals surface area (Å²) in [5, 5.41) is 17.9. The van der Waals surface area contributed by atoms with Crippen molar-refractivity contribution >= 4 is 5.97 Å². The Morgan fingerprint density at radius 2 is 2.05 bits per heavy atom. The molecular weight excluding hydrogens is 240 g/mol. The van der Waals surface area contributed by atoms with Gasteiger partial charge in [-0.05, 0) is 24.3 Å². The van der Waals surface area contributed by atoms with Crippen LogP contribution in [0.25, 0.3) is 11.3 Å². The topological polar surface area (TPSA) is 74.0 Å². The highest BCUT2D eigenvalue weighted by atomic mass is 16.4. The molecule has 19 heavy (non-hydrogen) atoms. The lowest BCUT2D eigenvalue weighted by Gasteiger charge is -2.04. The van der Waals surface area contributed by atoms with Crippen molar-refractivity contribution in [2.45, 2.75) is 0 Å². The lowest BCUT2D eigenvalue weighted by molar-refractivity contribution is 0.0697. The minimum absolute atomic E-state index is 0.143. The Morgan fingerprint density at radius 3 is 2.68 bits per heavy atom. The molecule has 0 amide bonds. The molecule has 0 atom stereocenters. The lowest BCUT2D eigenvalue weighted by Crippen LogP contribution is -1.97. The number of benzene rings is 1. The minimum atomic E-state index is -1.02. The Morgan fingerprint density at radius 1 is 1.26 bits per heavy atom. The monoisotopic (exact) mass is 248 g/mol. The third-order valence-corrected chi connectivity index (χ3v) is 2.60. The Kier molecular flexibility index (Phi) is 3.27. The first-order valence-electron chi connectivity index (χ1n) is 5.36. The van der Waals surface area contributed by atoms with Crippen LogP contribution < -0.4 is 0 Å². The maximum atomic E-state index is 10.9. The molecular formula is C15H8N2O2. The molecule has 0 aliphatic heterocycles. The molecule has 0 spiro atoms. The number of rotatable bonds is 2. The van der Waals surface area contributed by atoms with E-state index in [0.29, 0.717) is 22.4 Å². The van der Waals surface area contributed by atoms with Gasteiger partial charge >= 0.3 is 5.97 Å². The molecule has 0 fully saturated rings. The molecule has 1 heterocycles. The largest absolute Gasteiger partial charge is 0.478 e. The smallest absolute Gasteiger partial charge is 0.335 e. The molecule has 4 heteroatoms. The number of carboxylic acids is 1. The van der Waals surface area contributed by atoms with Gasteiger partial charge in [-0.25, -0.2) is 4.79 Å². The van der Waals surface area contributed by atoms with E-state index >= 15 is 0 Å². The average molecular weight is 248 g/mol. The average Bonchev–Trinajstić information content (AvgIpc) is 2.46. The Labute approximate surface area is 110 Å². The second kappa shape index (κ2) is 5.03. The van der Waals surface area contributed by atoms with Crippen molar-refractivity contribution in [1.82, 2.24) is 4.98 Å². The molecule has 0 radical (unpaired) electrons. The summed E-state index contributed by atoms with van der Waals surface area (Å²) in [6.07, 6.45) is 6.70. The second-order valence-corrected chi connectivity index (χ2v) is 3.75. The number of nitrogens with zero attached hydrogens (tertiary/aromatic N) is 2. The van der Waals surface area contributed by atoms with Crippen LogP contribution in [-0.2, 0) is 0 Å². The molecule has 0 unspecified atom stereocenters. The summed E-state index contributed by atoms with van der Waals surface area (Å²) in [7, 11) is 0. The number of pyridine rings is 1.